The molecule has 0 unspecified atom stereocenters. The van der Waals surface area contributed by atoms with E-state index in [1.54, 1.807) is 21.6 Å². The van der Waals surface area contributed by atoms with Crippen LogP contribution in [0.15, 0.2) is 64.5 Å². The molecule has 0 radical (unpaired) electrons. The summed E-state index contributed by atoms with van der Waals surface area (Å²) in [4.78, 5) is 34.8. The summed E-state index contributed by atoms with van der Waals surface area (Å²) in [6.07, 6.45) is 0. The predicted molar refractivity (Wildman–Crippen MR) is 133 cm³/mol. The molecule has 0 aliphatic carbocycles. The molecule has 174 valence electrons. The minimum atomic E-state index is -0.329. The van der Waals surface area contributed by atoms with E-state index in [1.807, 2.05) is 37.3 Å². The van der Waals surface area contributed by atoms with Gasteiger partial charge in [0.25, 0.3) is 5.56 Å². The maximum absolute atomic E-state index is 13.9. The standard InChI is InChI=1S/C25H22FN3O3S2/c1-16-21(17-7-9-18(26)10-8-17)22-23(34-16)27-25(29(24(22)31)19-5-3-2-4-6-19)33-15-20(30)28-11-13-32-14-12-28/h2-10H,11-15H2,1H3. The number of carbonyl (C=O) groups is 1. The molecule has 9 heteroatoms. The molecule has 6 nitrogen and oxygen atoms in total. The SMILES string of the molecule is Cc1sc2nc(SCC(=O)N3CCOCC3)n(-c3ccccc3)c(=O)c2c1-c1ccc(F)cc1. The number of halogens is 1. The van der Waals surface area contributed by atoms with Crippen LogP contribution in [0, 0.1) is 12.7 Å². The molecule has 5 rings (SSSR count). The topological polar surface area (TPSA) is 64.4 Å². The van der Waals surface area contributed by atoms with Crippen LogP contribution in [0.3, 0.4) is 0 Å². The second-order valence-electron chi connectivity index (χ2n) is 7.87. The van der Waals surface area contributed by atoms with Gasteiger partial charge >= 0.3 is 0 Å². The Morgan fingerprint density at radius 3 is 2.53 bits per heavy atom. The largest absolute Gasteiger partial charge is 0.378 e. The van der Waals surface area contributed by atoms with E-state index in [9.17, 15) is 14.0 Å². The third-order valence-electron chi connectivity index (χ3n) is 5.71. The van der Waals surface area contributed by atoms with E-state index in [0.717, 1.165) is 16.0 Å². The first-order valence-electron chi connectivity index (χ1n) is 10.9. The average Bonchev–Trinajstić information content (AvgIpc) is 3.20. The molecule has 0 bridgehead atoms. The van der Waals surface area contributed by atoms with Gasteiger partial charge in [0.15, 0.2) is 5.16 Å². The highest BCUT2D eigenvalue weighted by atomic mass is 32.2. The lowest BCUT2D eigenvalue weighted by atomic mass is 10.0. The molecule has 3 heterocycles. The van der Waals surface area contributed by atoms with Crippen LogP contribution < -0.4 is 5.56 Å². The third kappa shape index (κ3) is 4.38. The van der Waals surface area contributed by atoms with Crippen molar-refractivity contribution >= 4 is 39.2 Å². The fourth-order valence-corrected chi connectivity index (χ4v) is 6.04. The number of rotatable bonds is 5. The number of thioether (sulfide) groups is 1. The van der Waals surface area contributed by atoms with Crippen LogP contribution in [-0.4, -0.2) is 52.4 Å². The maximum Gasteiger partial charge on any atom is 0.268 e. The Balaban J connectivity index is 1.61. The van der Waals surface area contributed by atoms with Gasteiger partial charge in [0, 0.05) is 23.5 Å². The van der Waals surface area contributed by atoms with Crippen molar-refractivity contribution in [2.45, 2.75) is 12.1 Å². The number of fused-ring (bicyclic) bond motifs is 1. The number of benzene rings is 2. The van der Waals surface area contributed by atoms with Crippen LogP contribution >= 0.6 is 23.1 Å². The van der Waals surface area contributed by atoms with Gasteiger partial charge in [-0.25, -0.2) is 9.37 Å². The Morgan fingerprint density at radius 2 is 1.82 bits per heavy atom. The van der Waals surface area contributed by atoms with Crippen LogP contribution in [0.2, 0.25) is 0 Å². The van der Waals surface area contributed by atoms with E-state index in [4.69, 9.17) is 9.72 Å². The van der Waals surface area contributed by atoms with Crippen molar-refractivity contribution < 1.29 is 13.9 Å². The molecule has 1 fully saturated rings. The number of hydrogen-bond donors (Lipinski definition) is 0. The van der Waals surface area contributed by atoms with Crippen LogP contribution in [0.1, 0.15) is 4.88 Å². The van der Waals surface area contributed by atoms with Crippen molar-refractivity contribution in [1.82, 2.24) is 14.5 Å². The molecule has 1 aliphatic rings. The Hall–Kier alpha value is -3.01. The van der Waals surface area contributed by atoms with Crippen molar-refractivity contribution in [2.75, 3.05) is 32.1 Å². The van der Waals surface area contributed by atoms with Crippen LogP contribution in [0.4, 0.5) is 4.39 Å². The van der Waals surface area contributed by atoms with Crippen LogP contribution in [0.5, 0.6) is 0 Å². The lowest BCUT2D eigenvalue weighted by Crippen LogP contribution is -2.41. The summed E-state index contributed by atoms with van der Waals surface area (Å²) >= 11 is 2.69. The first kappa shape index (κ1) is 22.8. The summed E-state index contributed by atoms with van der Waals surface area (Å²) in [6.45, 7) is 4.16. The first-order chi connectivity index (χ1) is 16.5. The highest BCUT2D eigenvalue weighted by molar-refractivity contribution is 7.99. The van der Waals surface area contributed by atoms with Crippen molar-refractivity contribution in [3.8, 4) is 16.8 Å². The number of thiophene rings is 1. The molecule has 4 aromatic rings. The molecule has 1 aliphatic heterocycles. The number of aromatic nitrogens is 2. The molecular weight excluding hydrogens is 473 g/mol. The molecule has 0 spiro atoms. The van der Waals surface area contributed by atoms with Gasteiger partial charge in [-0.05, 0) is 36.8 Å². The number of para-hydroxylation sites is 1. The second-order valence-corrected chi connectivity index (χ2v) is 10.0. The highest BCUT2D eigenvalue weighted by Gasteiger charge is 2.23. The highest BCUT2D eigenvalue weighted by Crippen LogP contribution is 2.37. The van der Waals surface area contributed by atoms with Gasteiger partial charge in [-0.2, -0.15) is 0 Å². The van der Waals surface area contributed by atoms with Crippen molar-refractivity contribution in [2.24, 2.45) is 0 Å². The molecule has 1 amide bonds. The third-order valence-corrected chi connectivity index (χ3v) is 7.63. The van der Waals surface area contributed by atoms with Crippen molar-refractivity contribution in [1.29, 1.82) is 0 Å². The molecule has 2 aromatic heterocycles. The first-order valence-corrected chi connectivity index (χ1v) is 12.7. The quantitative estimate of drug-likeness (QED) is 0.301. The number of hydrogen-bond acceptors (Lipinski definition) is 6. The zero-order valence-electron chi connectivity index (χ0n) is 18.5. The molecule has 34 heavy (non-hydrogen) atoms. The van der Waals surface area contributed by atoms with E-state index in [1.165, 1.54) is 35.2 Å². The Kier molecular flexibility index (Phi) is 6.49. The van der Waals surface area contributed by atoms with Crippen LogP contribution in [0.25, 0.3) is 27.0 Å². The molecule has 2 aromatic carbocycles. The van der Waals surface area contributed by atoms with Gasteiger partial charge in [0.05, 0.1) is 30.0 Å². The Morgan fingerprint density at radius 1 is 1.12 bits per heavy atom. The summed E-state index contributed by atoms with van der Waals surface area (Å²) in [7, 11) is 0. The molecule has 0 N–H and O–H groups in total. The smallest absolute Gasteiger partial charge is 0.268 e. The van der Waals surface area contributed by atoms with E-state index in [2.05, 4.69) is 0 Å². The van der Waals surface area contributed by atoms with E-state index in [0.29, 0.717) is 47.4 Å². The number of ether oxygens (including phenoxy) is 1. The minimum Gasteiger partial charge on any atom is -0.378 e. The van der Waals surface area contributed by atoms with Gasteiger partial charge in [-0.15, -0.1) is 11.3 Å². The maximum atomic E-state index is 13.9. The van der Waals surface area contributed by atoms with E-state index >= 15 is 0 Å². The van der Waals surface area contributed by atoms with E-state index < -0.39 is 0 Å². The number of nitrogens with zero attached hydrogens (tertiary/aromatic N) is 3. The zero-order chi connectivity index (χ0) is 23.7. The summed E-state index contributed by atoms with van der Waals surface area (Å²) < 4.78 is 20.4. The van der Waals surface area contributed by atoms with E-state index in [-0.39, 0.29) is 23.0 Å². The number of morpholine rings is 1. The molecule has 0 saturated carbocycles. The summed E-state index contributed by atoms with van der Waals surface area (Å²) in [5, 5.41) is 0.971. The Labute approximate surface area is 204 Å². The molecule has 1 saturated heterocycles. The number of amides is 1. The number of aryl methyl sites for hydroxylation is 1. The lowest BCUT2D eigenvalue weighted by Gasteiger charge is -2.26. The van der Waals surface area contributed by atoms with Crippen molar-refractivity contribution in [3.05, 3.63) is 75.6 Å². The lowest BCUT2D eigenvalue weighted by molar-refractivity contribution is -0.132. The summed E-state index contributed by atoms with van der Waals surface area (Å²) in [6, 6.07) is 15.4. The Bertz CT molecular complexity index is 1400. The second kappa shape index (κ2) is 9.69. The average molecular weight is 496 g/mol. The predicted octanol–water partition coefficient (Wildman–Crippen LogP) is 4.51. The van der Waals surface area contributed by atoms with Gasteiger partial charge in [-0.3, -0.25) is 14.2 Å². The monoisotopic (exact) mass is 495 g/mol. The molecule has 0 atom stereocenters. The van der Waals surface area contributed by atoms with Gasteiger partial charge < -0.3 is 9.64 Å². The fraction of sp³-hybridized carbons (Fsp3) is 0.240. The van der Waals surface area contributed by atoms with Crippen LogP contribution in [-0.2, 0) is 9.53 Å². The normalized spacial score (nSPS) is 14.0. The van der Waals surface area contributed by atoms with Gasteiger partial charge in [0.1, 0.15) is 10.6 Å². The van der Waals surface area contributed by atoms with Gasteiger partial charge in [-0.1, -0.05) is 42.1 Å². The zero-order valence-corrected chi connectivity index (χ0v) is 20.1. The summed E-state index contributed by atoms with van der Waals surface area (Å²) in [5.41, 5.74) is 2.01. The molecular formula is C25H22FN3O3S2. The fourth-order valence-electron chi connectivity index (χ4n) is 4.04. The summed E-state index contributed by atoms with van der Waals surface area (Å²) in [5.74, 6) is -0.152. The van der Waals surface area contributed by atoms with Gasteiger partial charge in [0.2, 0.25) is 5.91 Å². The number of carbonyl (C=O) groups excluding carboxylic acids is 1. The minimum absolute atomic E-state index is 0.00313. The van der Waals surface area contributed by atoms with Crippen molar-refractivity contribution in [3.63, 3.8) is 0 Å².